The van der Waals surface area contributed by atoms with E-state index in [0.717, 1.165) is 23.1 Å². The molecule has 0 atom stereocenters. The molecular formula is C14H16BrN5. The predicted molar refractivity (Wildman–Crippen MR) is 81.0 cm³/mol. The van der Waals surface area contributed by atoms with Crippen LogP contribution in [0.5, 0.6) is 0 Å². The van der Waals surface area contributed by atoms with Crippen LogP contribution in [0.1, 0.15) is 43.8 Å². The Bertz CT molecular complexity index is 610. The van der Waals surface area contributed by atoms with Crippen molar-refractivity contribution >= 4 is 21.9 Å². The van der Waals surface area contributed by atoms with Crippen molar-refractivity contribution in [1.29, 1.82) is 0 Å². The van der Waals surface area contributed by atoms with Gasteiger partial charge in [-0.1, -0.05) is 19.3 Å². The molecule has 2 heterocycles. The van der Waals surface area contributed by atoms with Crippen LogP contribution < -0.4 is 5.73 Å². The third-order valence-corrected chi connectivity index (χ3v) is 4.25. The van der Waals surface area contributed by atoms with Crippen LogP contribution in [-0.4, -0.2) is 19.9 Å². The van der Waals surface area contributed by atoms with E-state index in [1.54, 1.807) is 6.20 Å². The lowest BCUT2D eigenvalue weighted by Gasteiger charge is -2.20. The zero-order valence-electron chi connectivity index (χ0n) is 11.1. The Kier molecular flexibility index (Phi) is 3.91. The van der Waals surface area contributed by atoms with Crippen molar-refractivity contribution in [2.24, 2.45) is 0 Å². The summed E-state index contributed by atoms with van der Waals surface area (Å²) in [5.74, 6) is 2.03. The molecule has 0 spiro atoms. The monoisotopic (exact) mass is 333 g/mol. The van der Waals surface area contributed by atoms with E-state index < -0.39 is 0 Å². The van der Waals surface area contributed by atoms with Crippen molar-refractivity contribution < 1.29 is 0 Å². The number of halogens is 1. The van der Waals surface area contributed by atoms with Crippen LogP contribution in [0.2, 0.25) is 0 Å². The molecule has 1 fully saturated rings. The molecule has 1 saturated carbocycles. The molecule has 1 aliphatic carbocycles. The Morgan fingerprint density at radius 1 is 1.10 bits per heavy atom. The summed E-state index contributed by atoms with van der Waals surface area (Å²) in [5, 5.41) is 0. The minimum absolute atomic E-state index is 0.271. The SMILES string of the molecule is Nc1nc(-c2ncccc2Br)nc(C2CCCCC2)n1. The molecule has 6 heteroatoms. The molecule has 0 bridgehead atoms. The molecular weight excluding hydrogens is 318 g/mol. The number of anilines is 1. The van der Waals surface area contributed by atoms with Gasteiger partial charge in [-0.05, 0) is 40.9 Å². The maximum absolute atomic E-state index is 5.85. The third kappa shape index (κ3) is 2.80. The largest absolute Gasteiger partial charge is 0.368 e. The lowest BCUT2D eigenvalue weighted by atomic mass is 9.89. The van der Waals surface area contributed by atoms with Gasteiger partial charge in [-0.3, -0.25) is 4.98 Å². The highest BCUT2D eigenvalue weighted by molar-refractivity contribution is 9.10. The van der Waals surface area contributed by atoms with Crippen molar-refractivity contribution in [2.45, 2.75) is 38.0 Å². The first-order valence-electron chi connectivity index (χ1n) is 6.86. The normalized spacial score (nSPS) is 16.2. The number of hydrogen-bond acceptors (Lipinski definition) is 5. The highest BCUT2D eigenvalue weighted by Crippen LogP contribution is 2.32. The summed E-state index contributed by atoms with van der Waals surface area (Å²) in [7, 11) is 0. The topological polar surface area (TPSA) is 77.6 Å². The van der Waals surface area contributed by atoms with Gasteiger partial charge in [-0.25, -0.2) is 4.98 Å². The predicted octanol–water partition coefficient (Wildman–Crippen LogP) is 3.33. The molecule has 0 aliphatic heterocycles. The molecule has 0 saturated heterocycles. The second kappa shape index (κ2) is 5.83. The van der Waals surface area contributed by atoms with E-state index in [-0.39, 0.29) is 5.95 Å². The van der Waals surface area contributed by atoms with Gasteiger partial charge in [0.2, 0.25) is 5.95 Å². The lowest BCUT2D eigenvalue weighted by Crippen LogP contribution is -2.12. The van der Waals surface area contributed by atoms with Crippen molar-refractivity contribution in [1.82, 2.24) is 19.9 Å². The molecule has 104 valence electrons. The van der Waals surface area contributed by atoms with Crippen molar-refractivity contribution in [3.05, 3.63) is 28.6 Å². The summed E-state index contributed by atoms with van der Waals surface area (Å²) in [6.45, 7) is 0. The smallest absolute Gasteiger partial charge is 0.223 e. The highest BCUT2D eigenvalue weighted by Gasteiger charge is 2.20. The Hall–Kier alpha value is -1.56. The van der Waals surface area contributed by atoms with E-state index in [1.807, 2.05) is 12.1 Å². The Morgan fingerprint density at radius 3 is 2.65 bits per heavy atom. The summed E-state index contributed by atoms with van der Waals surface area (Å²) < 4.78 is 0.861. The zero-order valence-corrected chi connectivity index (χ0v) is 12.7. The first-order chi connectivity index (χ1) is 9.74. The summed E-state index contributed by atoms with van der Waals surface area (Å²) in [6.07, 6.45) is 7.76. The standard InChI is InChI=1S/C14H16BrN5/c15-10-7-4-8-17-11(10)13-18-12(19-14(16)20-13)9-5-2-1-3-6-9/h4,7-9H,1-3,5-6H2,(H2,16,18,19,20). The van der Waals surface area contributed by atoms with E-state index in [9.17, 15) is 0 Å². The van der Waals surface area contributed by atoms with Crippen molar-refractivity contribution in [2.75, 3.05) is 5.73 Å². The molecule has 3 rings (SSSR count). The molecule has 20 heavy (non-hydrogen) atoms. The average molecular weight is 334 g/mol. The number of hydrogen-bond donors (Lipinski definition) is 1. The molecule has 0 unspecified atom stereocenters. The first kappa shape index (κ1) is 13.4. The fourth-order valence-electron chi connectivity index (χ4n) is 2.61. The van der Waals surface area contributed by atoms with Crippen LogP contribution in [0.4, 0.5) is 5.95 Å². The molecule has 2 N–H and O–H groups in total. The highest BCUT2D eigenvalue weighted by atomic mass is 79.9. The van der Waals surface area contributed by atoms with Gasteiger partial charge >= 0.3 is 0 Å². The number of pyridine rings is 1. The minimum atomic E-state index is 0.271. The number of nitrogen functional groups attached to an aromatic ring is 1. The van der Waals surface area contributed by atoms with E-state index in [4.69, 9.17) is 5.73 Å². The second-order valence-corrected chi connectivity index (χ2v) is 5.90. The zero-order chi connectivity index (χ0) is 13.9. The maximum Gasteiger partial charge on any atom is 0.223 e. The molecule has 5 nitrogen and oxygen atoms in total. The van der Waals surface area contributed by atoms with Crippen molar-refractivity contribution in [3.63, 3.8) is 0 Å². The van der Waals surface area contributed by atoms with Crippen LogP contribution in [0, 0.1) is 0 Å². The van der Waals surface area contributed by atoms with E-state index >= 15 is 0 Å². The van der Waals surface area contributed by atoms with Gasteiger partial charge in [0.15, 0.2) is 5.82 Å². The Labute approximate surface area is 126 Å². The Morgan fingerprint density at radius 2 is 1.90 bits per heavy atom. The van der Waals surface area contributed by atoms with Crippen LogP contribution in [0.3, 0.4) is 0 Å². The Balaban J connectivity index is 2.00. The number of aromatic nitrogens is 4. The van der Waals surface area contributed by atoms with Crippen LogP contribution in [0.15, 0.2) is 22.8 Å². The molecule has 2 aromatic rings. The summed E-state index contributed by atoms with van der Waals surface area (Å²) >= 11 is 3.47. The fraction of sp³-hybridized carbons (Fsp3) is 0.429. The van der Waals surface area contributed by atoms with Crippen LogP contribution >= 0.6 is 15.9 Å². The van der Waals surface area contributed by atoms with Gasteiger partial charge in [0.25, 0.3) is 0 Å². The number of nitrogens with two attached hydrogens (primary N) is 1. The lowest BCUT2D eigenvalue weighted by molar-refractivity contribution is 0.428. The van der Waals surface area contributed by atoms with Crippen molar-refractivity contribution in [3.8, 4) is 11.5 Å². The summed E-state index contributed by atoms with van der Waals surface area (Å²) in [6, 6.07) is 3.78. The average Bonchev–Trinajstić information content (AvgIpc) is 2.48. The molecule has 0 radical (unpaired) electrons. The van der Waals surface area contributed by atoms with Gasteiger partial charge in [-0.2, -0.15) is 9.97 Å². The molecule has 0 aromatic carbocycles. The molecule has 0 amide bonds. The van der Waals surface area contributed by atoms with E-state index in [0.29, 0.717) is 17.4 Å². The summed E-state index contributed by atoms with van der Waals surface area (Å²) in [5.41, 5.74) is 6.56. The van der Waals surface area contributed by atoms with Gasteiger partial charge in [0, 0.05) is 16.6 Å². The van der Waals surface area contributed by atoms with Crippen LogP contribution in [-0.2, 0) is 0 Å². The van der Waals surface area contributed by atoms with Gasteiger partial charge < -0.3 is 5.73 Å². The fourth-order valence-corrected chi connectivity index (χ4v) is 3.04. The maximum atomic E-state index is 5.85. The first-order valence-corrected chi connectivity index (χ1v) is 7.65. The van der Waals surface area contributed by atoms with E-state index in [1.165, 1.54) is 19.3 Å². The number of nitrogens with zero attached hydrogens (tertiary/aromatic N) is 4. The van der Waals surface area contributed by atoms with Gasteiger partial charge in [0.05, 0.1) is 0 Å². The van der Waals surface area contributed by atoms with Gasteiger partial charge in [-0.15, -0.1) is 0 Å². The molecule has 1 aliphatic rings. The minimum Gasteiger partial charge on any atom is -0.368 e. The van der Waals surface area contributed by atoms with Crippen LogP contribution in [0.25, 0.3) is 11.5 Å². The second-order valence-electron chi connectivity index (χ2n) is 5.04. The quantitative estimate of drug-likeness (QED) is 0.911. The third-order valence-electron chi connectivity index (χ3n) is 3.61. The summed E-state index contributed by atoms with van der Waals surface area (Å²) in [4.78, 5) is 17.5. The van der Waals surface area contributed by atoms with Gasteiger partial charge in [0.1, 0.15) is 11.5 Å². The molecule has 2 aromatic heterocycles. The van der Waals surface area contributed by atoms with E-state index in [2.05, 4.69) is 35.9 Å². The number of rotatable bonds is 2.